The van der Waals surface area contributed by atoms with Gasteiger partial charge in [0.15, 0.2) is 0 Å². The number of aliphatic hydroxyl groups is 1. The molecule has 0 bridgehead atoms. The largest absolute Gasteiger partial charge is 0.508 e. The van der Waals surface area contributed by atoms with Crippen LogP contribution in [0.2, 0.25) is 0 Å². The fraction of sp³-hybridized carbons (Fsp3) is 0.250. The van der Waals surface area contributed by atoms with Crippen LogP contribution in [0.3, 0.4) is 0 Å². The van der Waals surface area contributed by atoms with Gasteiger partial charge >= 0.3 is 0 Å². The van der Waals surface area contributed by atoms with Gasteiger partial charge in [-0.3, -0.25) is 0 Å². The van der Waals surface area contributed by atoms with E-state index in [-0.39, 0.29) is 5.75 Å². The molecule has 0 aliphatic carbocycles. The van der Waals surface area contributed by atoms with Crippen molar-refractivity contribution in [3.8, 4) is 11.5 Å². The van der Waals surface area contributed by atoms with Gasteiger partial charge in [-0.05, 0) is 30.7 Å². The first-order valence-corrected chi connectivity index (χ1v) is 6.38. The van der Waals surface area contributed by atoms with Crippen LogP contribution in [0.25, 0.3) is 0 Å². The lowest BCUT2D eigenvalue weighted by atomic mass is 10.0. The Morgan fingerprint density at radius 3 is 2.42 bits per heavy atom. The molecule has 3 nitrogen and oxygen atoms in total. The summed E-state index contributed by atoms with van der Waals surface area (Å²) in [5.74, 6) is 0.948. The number of hydrogen-bond donors (Lipinski definition) is 2. The van der Waals surface area contributed by atoms with Crippen LogP contribution in [-0.4, -0.2) is 16.8 Å². The molecule has 0 radical (unpaired) electrons. The van der Waals surface area contributed by atoms with Gasteiger partial charge in [0.1, 0.15) is 11.5 Å². The number of phenolic OH excluding ortho intramolecular Hbond substituents is 1. The molecule has 0 saturated carbocycles. The summed E-state index contributed by atoms with van der Waals surface area (Å²) < 4.78 is 5.51. The molecular weight excluding hydrogens is 240 g/mol. The topological polar surface area (TPSA) is 49.7 Å². The summed E-state index contributed by atoms with van der Waals surface area (Å²) in [4.78, 5) is 0. The van der Waals surface area contributed by atoms with Gasteiger partial charge < -0.3 is 14.9 Å². The fourth-order valence-electron chi connectivity index (χ4n) is 2.01. The van der Waals surface area contributed by atoms with Crippen molar-refractivity contribution in [1.82, 2.24) is 0 Å². The molecule has 100 valence electrons. The molecule has 19 heavy (non-hydrogen) atoms. The zero-order valence-corrected chi connectivity index (χ0v) is 10.9. The van der Waals surface area contributed by atoms with E-state index in [2.05, 4.69) is 0 Å². The fourth-order valence-corrected chi connectivity index (χ4v) is 2.01. The van der Waals surface area contributed by atoms with E-state index in [4.69, 9.17) is 4.74 Å². The third-order valence-corrected chi connectivity index (χ3v) is 2.94. The highest BCUT2D eigenvalue weighted by atomic mass is 16.5. The van der Waals surface area contributed by atoms with E-state index in [1.165, 1.54) is 0 Å². The zero-order chi connectivity index (χ0) is 13.7. The molecule has 2 rings (SSSR count). The van der Waals surface area contributed by atoms with Gasteiger partial charge in [0, 0.05) is 12.0 Å². The smallest absolute Gasteiger partial charge is 0.125 e. The number of aliphatic hydroxyl groups excluding tert-OH is 1. The minimum Gasteiger partial charge on any atom is -0.508 e. The van der Waals surface area contributed by atoms with Crippen LogP contribution in [0.4, 0.5) is 0 Å². The first-order chi connectivity index (χ1) is 9.20. The highest BCUT2D eigenvalue weighted by Gasteiger charge is 2.13. The van der Waals surface area contributed by atoms with Crippen LogP contribution >= 0.6 is 0 Å². The van der Waals surface area contributed by atoms with Gasteiger partial charge in [0.05, 0.1) is 12.7 Å². The van der Waals surface area contributed by atoms with Gasteiger partial charge in [0.2, 0.25) is 0 Å². The second kappa shape index (κ2) is 6.25. The second-order valence-electron chi connectivity index (χ2n) is 4.36. The molecule has 0 saturated heterocycles. The molecule has 3 heteroatoms. The summed E-state index contributed by atoms with van der Waals surface area (Å²) in [6.07, 6.45) is -0.128. The zero-order valence-electron chi connectivity index (χ0n) is 10.9. The van der Waals surface area contributed by atoms with Crippen LogP contribution in [0, 0.1) is 0 Å². The van der Waals surface area contributed by atoms with Gasteiger partial charge in [0.25, 0.3) is 0 Å². The molecule has 0 heterocycles. The maximum atomic E-state index is 10.3. The molecule has 1 unspecified atom stereocenters. The quantitative estimate of drug-likeness (QED) is 0.866. The summed E-state index contributed by atoms with van der Waals surface area (Å²) in [5, 5.41) is 19.5. The van der Waals surface area contributed by atoms with Crippen molar-refractivity contribution in [2.75, 3.05) is 6.61 Å². The molecule has 0 amide bonds. The van der Waals surface area contributed by atoms with Crippen molar-refractivity contribution < 1.29 is 14.9 Å². The number of hydrogen-bond acceptors (Lipinski definition) is 3. The molecular formula is C16H18O3. The molecule has 0 aliphatic rings. The van der Waals surface area contributed by atoms with E-state index < -0.39 is 6.10 Å². The summed E-state index contributed by atoms with van der Waals surface area (Å²) in [6.45, 7) is 2.49. The van der Waals surface area contributed by atoms with E-state index >= 15 is 0 Å². The Morgan fingerprint density at radius 1 is 1.05 bits per heavy atom. The number of aromatic hydroxyl groups is 1. The molecule has 2 N–H and O–H groups in total. The molecule has 0 fully saturated rings. The molecule has 0 spiro atoms. The van der Waals surface area contributed by atoms with Crippen LogP contribution in [0.15, 0.2) is 48.5 Å². The SMILES string of the molecule is CCOc1ccccc1C(O)Cc1ccc(O)cc1. The third kappa shape index (κ3) is 3.48. The number of ether oxygens (including phenoxy) is 1. The highest BCUT2D eigenvalue weighted by molar-refractivity contribution is 5.36. The van der Waals surface area contributed by atoms with E-state index in [0.29, 0.717) is 13.0 Å². The average Bonchev–Trinajstić information content (AvgIpc) is 2.42. The Balaban J connectivity index is 2.15. The first kappa shape index (κ1) is 13.4. The maximum Gasteiger partial charge on any atom is 0.125 e. The summed E-state index contributed by atoms with van der Waals surface area (Å²) in [6, 6.07) is 14.4. The Hall–Kier alpha value is -2.00. The normalized spacial score (nSPS) is 12.1. The van der Waals surface area contributed by atoms with Crippen LogP contribution in [0.1, 0.15) is 24.2 Å². The number of rotatable bonds is 5. The van der Waals surface area contributed by atoms with Crippen molar-refractivity contribution in [2.45, 2.75) is 19.4 Å². The minimum atomic E-state index is -0.618. The Bertz CT molecular complexity index is 520. The van der Waals surface area contributed by atoms with Crippen LogP contribution in [-0.2, 0) is 6.42 Å². The standard InChI is InChI=1S/C16H18O3/c1-2-19-16-6-4-3-5-14(16)15(18)11-12-7-9-13(17)10-8-12/h3-10,15,17-18H,2,11H2,1H3. The van der Waals surface area contributed by atoms with Crippen molar-refractivity contribution in [1.29, 1.82) is 0 Å². The van der Waals surface area contributed by atoms with E-state index in [1.54, 1.807) is 12.1 Å². The number of phenols is 1. The lowest BCUT2D eigenvalue weighted by molar-refractivity contribution is 0.172. The summed E-state index contributed by atoms with van der Waals surface area (Å²) in [7, 11) is 0. The summed E-state index contributed by atoms with van der Waals surface area (Å²) >= 11 is 0. The Labute approximate surface area is 113 Å². The van der Waals surface area contributed by atoms with Crippen LogP contribution < -0.4 is 4.74 Å². The third-order valence-electron chi connectivity index (χ3n) is 2.94. The first-order valence-electron chi connectivity index (χ1n) is 6.38. The van der Waals surface area contributed by atoms with Gasteiger partial charge in [-0.1, -0.05) is 30.3 Å². The Kier molecular flexibility index (Phi) is 4.42. The lowest BCUT2D eigenvalue weighted by Gasteiger charge is -2.15. The molecule has 2 aromatic carbocycles. The van der Waals surface area contributed by atoms with Gasteiger partial charge in [-0.25, -0.2) is 0 Å². The van der Waals surface area contributed by atoms with Crippen molar-refractivity contribution in [3.63, 3.8) is 0 Å². The van der Waals surface area contributed by atoms with Crippen LogP contribution in [0.5, 0.6) is 11.5 Å². The Morgan fingerprint density at radius 2 is 1.74 bits per heavy atom. The predicted octanol–water partition coefficient (Wildman–Crippen LogP) is 3.07. The molecule has 1 atom stereocenters. The second-order valence-corrected chi connectivity index (χ2v) is 4.36. The molecule has 0 aromatic heterocycles. The van der Waals surface area contributed by atoms with E-state index in [0.717, 1.165) is 16.9 Å². The lowest BCUT2D eigenvalue weighted by Crippen LogP contribution is -2.05. The number of benzene rings is 2. The van der Waals surface area contributed by atoms with E-state index in [1.807, 2.05) is 43.3 Å². The summed E-state index contributed by atoms with van der Waals surface area (Å²) in [5.41, 5.74) is 1.76. The molecule has 2 aromatic rings. The minimum absolute atomic E-state index is 0.230. The van der Waals surface area contributed by atoms with E-state index in [9.17, 15) is 10.2 Å². The van der Waals surface area contributed by atoms with Gasteiger partial charge in [-0.15, -0.1) is 0 Å². The monoisotopic (exact) mass is 258 g/mol. The molecule has 0 aliphatic heterocycles. The number of para-hydroxylation sites is 1. The average molecular weight is 258 g/mol. The van der Waals surface area contributed by atoms with Crippen molar-refractivity contribution >= 4 is 0 Å². The van der Waals surface area contributed by atoms with Crippen molar-refractivity contribution in [3.05, 3.63) is 59.7 Å². The predicted molar refractivity (Wildman–Crippen MR) is 74.4 cm³/mol. The van der Waals surface area contributed by atoms with Gasteiger partial charge in [-0.2, -0.15) is 0 Å². The van der Waals surface area contributed by atoms with Crippen molar-refractivity contribution in [2.24, 2.45) is 0 Å². The maximum absolute atomic E-state index is 10.3. The highest BCUT2D eigenvalue weighted by Crippen LogP contribution is 2.27.